The molecule has 0 aliphatic rings. The lowest BCUT2D eigenvalue weighted by Crippen LogP contribution is -2.04. The van der Waals surface area contributed by atoms with Crippen molar-refractivity contribution in [2.24, 2.45) is 0 Å². The van der Waals surface area contributed by atoms with Crippen molar-refractivity contribution in [3.05, 3.63) is 35.7 Å². The molecule has 0 bridgehead atoms. The van der Waals surface area contributed by atoms with Crippen LogP contribution in [0.25, 0.3) is 5.69 Å². The van der Waals surface area contributed by atoms with Crippen LogP contribution in [0.1, 0.15) is 16.2 Å². The van der Waals surface area contributed by atoms with E-state index < -0.39 is 0 Å². The van der Waals surface area contributed by atoms with Gasteiger partial charge in [-0.15, -0.1) is 16.9 Å². The van der Waals surface area contributed by atoms with E-state index in [1.807, 2.05) is 30.5 Å². The lowest BCUT2D eigenvalue weighted by molar-refractivity contribution is 0.111. The first-order chi connectivity index (χ1) is 8.80. The summed E-state index contributed by atoms with van der Waals surface area (Å²) in [6.07, 6.45) is 2.70. The van der Waals surface area contributed by atoms with E-state index in [9.17, 15) is 4.79 Å². The molecule has 0 saturated carbocycles. The quantitative estimate of drug-likeness (QED) is 0.609. The first-order valence-corrected chi connectivity index (χ1v) is 6.55. The van der Waals surface area contributed by atoms with Crippen molar-refractivity contribution in [3.63, 3.8) is 0 Å². The van der Waals surface area contributed by atoms with Crippen molar-refractivity contribution in [1.82, 2.24) is 15.0 Å². The number of methoxy groups -OCH3 is 1. The number of carbonyl (C=O) groups excluding carboxylic acids is 1. The molecule has 0 radical (unpaired) electrons. The van der Waals surface area contributed by atoms with Gasteiger partial charge in [-0.25, -0.2) is 4.68 Å². The van der Waals surface area contributed by atoms with Crippen molar-refractivity contribution in [1.29, 1.82) is 0 Å². The summed E-state index contributed by atoms with van der Waals surface area (Å²) in [5.74, 6) is 0. The lowest BCUT2D eigenvalue weighted by Gasteiger charge is -2.07. The number of rotatable bonds is 5. The highest BCUT2D eigenvalue weighted by Crippen LogP contribution is 2.20. The van der Waals surface area contributed by atoms with Crippen LogP contribution in [0.3, 0.4) is 0 Å². The second-order valence-electron chi connectivity index (χ2n) is 3.59. The second kappa shape index (κ2) is 5.79. The monoisotopic (exact) mass is 263 g/mol. The van der Waals surface area contributed by atoms with Crippen LogP contribution < -0.4 is 0 Å². The number of hydrogen-bond donors (Lipinski definition) is 0. The summed E-state index contributed by atoms with van der Waals surface area (Å²) in [6.45, 7) is 0.296. The van der Waals surface area contributed by atoms with E-state index in [0.717, 1.165) is 10.6 Å². The fourth-order valence-electron chi connectivity index (χ4n) is 1.63. The largest absolute Gasteiger partial charge is 0.378 e. The normalized spacial score (nSPS) is 10.6. The predicted molar refractivity (Wildman–Crippen MR) is 69.2 cm³/mol. The number of aldehydes is 1. The van der Waals surface area contributed by atoms with E-state index in [1.54, 1.807) is 23.6 Å². The summed E-state index contributed by atoms with van der Waals surface area (Å²) in [6, 6.07) is 7.87. The molecule has 2 aromatic rings. The second-order valence-corrected chi connectivity index (χ2v) is 4.47. The molecule has 94 valence electrons. The maximum atomic E-state index is 10.9. The summed E-state index contributed by atoms with van der Waals surface area (Å²) in [7, 11) is 1.57. The molecule has 0 saturated heterocycles. The van der Waals surface area contributed by atoms with Crippen molar-refractivity contribution < 1.29 is 9.53 Å². The van der Waals surface area contributed by atoms with Crippen LogP contribution >= 0.6 is 11.8 Å². The Balaban J connectivity index is 2.48. The van der Waals surface area contributed by atoms with E-state index in [0.29, 0.717) is 24.3 Å². The highest BCUT2D eigenvalue weighted by Gasteiger charge is 2.13. The molecule has 18 heavy (non-hydrogen) atoms. The van der Waals surface area contributed by atoms with Gasteiger partial charge in [0.1, 0.15) is 5.69 Å². The molecule has 1 aromatic heterocycles. The maximum Gasteiger partial charge on any atom is 0.172 e. The third-order valence-electron chi connectivity index (χ3n) is 2.48. The van der Waals surface area contributed by atoms with Gasteiger partial charge in [-0.3, -0.25) is 4.79 Å². The average molecular weight is 263 g/mol. The highest BCUT2D eigenvalue weighted by atomic mass is 32.2. The van der Waals surface area contributed by atoms with Gasteiger partial charge >= 0.3 is 0 Å². The summed E-state index contributed by atoms with van der Waals surface area (Å²) < 4.78 is 6.71. The molecule has 0 atom stereocenters. The average Bonchev–Trinajstić information content (AvgIpc) is 2.82. The van der Waals surface area contributed by atoms with Crippen LogP contribution in [0.15, 0.2) is 29.2 Å². The molecule has 6 heteroatoms. The van der Waals surface area contributed by atoms with Crippen LogP contribution in [0.5, 0.6) is 0 Å². The number of thioether (sulfide) groups is 1. The molecule has 1 aromatic carbocycles. The zero-order valence-electron chi connectivity index (χ0n) is 10.2. The number of benzene rings is 1. The smallest absolute Gasteiger partial charge is 0.172 e. The number of hydrogen-bond acceptors (Lipinski definition) is 5. The Bertz CT molecular complexity index is 554. The van der Waals surface area contributed by atoms with Crippen molar-refractivity contribution in [2.45, 2.75) is 11.5 Å². The Morgan fingerprint density at radius 1 is 1.50 bits per heavy atom. The Hall–Kier alpha value is -1.66. The van der Waals surface area contributed by atoms with Gasteiger partial charge in [0.2, 0.25) is 0 Å². The Kier molecular flexibility index (Phi) is 4.11. The molecule has 0 fully saturated rings. The van der Waals surface area contributed by atoms with Gasteiger partial charge in [0.05, 0.1) is 12.3 Å². The fourth-order valence-corrected chi connectivity index (χ4v) is 2.08. The molecular formula is C12H13N3O2S. The third kappa shape index (κ3) is 2.44. The Labute approximate surface area is 109 Å². The van der Waals surface area contributed by atoms with Crippen LogP contribution in [0.4, 0.5) is 0 Å². The number of aromatic nitrogens is 3. The predicted octanol–water partition coefficient (Wildman–Crippen LogP) is 1.95. The summed E-state index contributed by atoms with van der Waals surface area (Å²) in [5.41, 5.74) is 1.84. The Morgan fingerprint density at radius 2 is 2.33 bits per heavy atom. The number of carbonyl (C=O) groups is 1. The van der Waals surface area contributed by atoms with Gasteiger partial charge in [0.15, 0.2) is 12.0 Å². The number of nitrogens with zero attached hydrogens (tertiary/aromatic N) is 3. The van der Waals surface area contributed by atoms with Gasteiger partial charge in [-0.05, 0) is 24.5 Å². The van der Waals surface area contributed by atoms with E-state index >= 15 is 0 Å². The van der Waals surface area contributed by atoms with Crippen LogP contribution in [0.2, 0.25) is 0 Å². The van der Waals surface area contributed by atoms with Gasteiger partial charge in [-0.1, -0.05) is 11.3 Å². The van der Waals surface area contributed by atoms with Gasteiger partial charge in [0.25, 0.3) is 0 Å². The molecular weight excluding hydrogens is 250 g/mol. The zero-order valence-corrected chi connectivity index (χ0v) is 11.0. The first-order valence-electron chi connectivity index (χ1n) is 5.33. The summed E-state index contributed by atoms with van der Waals surface area (Å²) in [5, 5.41) is 7.84. The summed E-state index contributed by atoms with van der Waals surface area (Å²) in [4.78, 5) is 12.0. The molecule has 0 N–H and O–H groups in total. The molecule has 1 heterocycles. The SMILES string of the molecule is COCc1c(C=O)nnn1-c1cccc(SC)c1. The standard InChI is InChI=1S/C12H13N3O2S/c1-17-8-12-11(7-16)13-14-15(12)9-4-3-5-10(6-9)18-2/h3-7H,8H2,1-2H3. The minimum atomic E-state index is 0.296. The fraction of sp³-hybridized carbons (Fsp3) is 0.250. The molecule has 0 aliphatic carbocycles. The minimum Gasteiger partial charge on any atom is -0.378 e. The molecule has 0 amide bonds. The molecule has 0 spiro atoms. The van der Waals surface area contributed by atoms with Crippen molar-refractivity contribution in [3.8, 4) is 5.69 Å². The van der Waals surface area contributed by atoms with Crippen LogP contribution in [-0.4, -0.2) is 34.6 Å². The maximum absolute atomic E-state index is 10.9. The molecule has 5 nitrogen and oxygen atoms in total. The van der Waals surface area contributed by atoms with E-state index in [2.05, 4.69) is 10.3 Å². The first kappa shape index (κ1) is 12.8. The third-order valence-corrected chi connectivity index (χ3v) is 3.21. The van der Waals surface area contributed by atoms with Crippen molar-refractivity contribution in [2.75, 3.05) is 13.4 Å². The van der Waals surface area contributed by atoms with E-state index in [1.165, 1.54) is 0 Å². The van der Waals surface area contributed by atoms with Gasteiger partial charge < -0.3 is 4.74 Å². The number of ether oxygens (including phenoxy) is 1. The molecule has 2 rings (SSSR count). The molecule has 0 aliphatic heterocycles. The summed E-state index contributed by atoms with van der Waals surface area (Å²) >= 11 is 1.65. The van der Waals surface area contributed by atoms with Crippen LogP contribution in [-0.2, 0) is 11.3 Å². The minimum absolute atomic E-state index is 0.296. The zero-order chi connectivity index (χ0) is 13.0. The lowest BCUT2D eigenvalue weighted by atomic mass is 10.3. The molecule has 0 unspecified atom stereocenters. The Morgan fingerprint density at radius 3 is 3.00 bits per heavy atom. The van der Waals surface area contributed by atoms with E-state index in [4.69, 9.17) is 4.74 Å². The highest BCUT2D eigenvalue weighted by molar-refractivity contribution is 7.98. The topological polar surface area (TPSA) is 57.0 Å². The van der Waals surface area contributed by atoms with E-state index in [-0.39, 0.29) is 0 Å². The van der Waals surface area contributed by atoms with Crippen LogP contribution in [0, 0.1) is 0 Å². The van der Waals surface area contributed by atoms with Gasteiger partial charge in [0, 0.05) is 12.0 Å². The van der Waals surface area contributed by atoms with Crippen molar-refractivity contribution >= 4 is 18.0 Å². The van der Waals surface area contributed by atoms with Gasteiger partial charge in [-0.2, -0.15) is 0 Å².